The van der Waals surface area contributed by atoms with E-state index < -0.39 is 15.8 Å². The van der Waals surface area contributed by atoms with Crippen molar-refractivity contribution in [3.8, 4) is 0 Å². The number of amides is 2. The zero-order chi connectivity index (χ0) is 18.4. The van der Waals surface area contributed by atoms with E-state index in [1.54, 1.807) is 11.0 Å². The number of carbonyl (C=O) groups is 2. The van der Waals surface area contributed by atoms with E-state index in [2.05, 4.69) is 5.32 Å². The van der Waals surface area contributed by atoms with Gasteiger partial charge in [-0.25, -0.2) is 8.42 Å². The number of carbonyl (C=O) groups excluding carboxylic acids is 2. The monoisotopic (exact) mass is 384 g/mol. The van der Waals surface area contributed by atoms with Gasteiger partial charge in [0.25, 0.3) is 0 Å². The second kappa shape index (κ2) is 6.61. The topological polar surface area (TPSA) is 83.6 Å². The van der Waals surface area contributed by atoms with Crippen LogP contribution in [0.1, 0.15) is 24.0 Å². The molecule has 136 valence electrons. The van der Waals surface area contributed by atoms with Crippen molar-refractivity contribution in [2.45, 2.75) is 32.7 Å². The lowest BCUT2D eigenvalue weighted by Crippen LogP contribution is -2.40. The minimum Gasteiger partial charge on any atom is -0.352 e. The second-order valence-corrected chi connectivity index (χ2v) is 9.56. The maximum Gasteiger partial charge on any atom is 0.227 e. The van der Waals surface area contributed by atoms with Gasteiger partial charge in [-0.15, -0.1) is 0 Å². The van der Waals surface area contributed by atoms with Gasteiger partial charge in [0, 0.05) is 19.0 Å². The van der Waals surface area contributed by atoms with Gasteiger partial charge in [0.05, 0.1) is 28.1 Å². The predicted molar refractivity (Wildman–Crippen MR) is 96.6 cm³/mol. The number of nitrogens with zero attached hydrogens (tertiary/aromatic N) is 1. The van der Waals surface area contributed by atoms with Crippen LogP contribution in [0.3, 0.4) is 0 Å². The molecule has 1 N–H and O–H groups in total. The highest BCUT2D eigenvalue weighted by Gasteiger charge is 2.38. The number of hydrogen-bond donors (Lipinski definition) is 1. The number of nitrogens with one attached hydrogen (secondary N) is 1. The first-order valence-electron chi connectivity index (χ1n) is 8.24. The lowest BCUT2D eigenvalue weighted by atomic mass is 10.1. The molecule has 2 heterocycles. The molecule has 2 aliphatic heterocycles. The van der Waals surface area contributed by atoms with E-state index in [-0.39, 0.29) is 42.3 Å². The molecular weight excluding hydrogens is 364 g/mol. The molecule has 1 aromatic rings. The standard InChI is InChI=1S/C17H21ClN2O4S/c1-10-5-11(2)16(14(18)6-10)20-8-12(7-15(20)21)17(22)19-13-3-4-25(23,24)9-13/h5-6,12-13H,3-4,7-9H2,1-2H3,(H,19,22). The zero-order valence-electron chi connectivity index (χ0n) is 14.2. The third-order valence-electron chi connectivity index (χ3n) is 4.74. The highest BCUT2D eigenvalue weighted by molar-refractivity contribution is 7.91. The first-order chi connectivity index (χ1) is 11.7. The smallest absolute Gasteiger partial charge is 0.227 e. The van der Waals surface area contributed by atoms with Crippen LogP contribution in [0.5, 0.6) is 0 Å². The van der Waals surface area contributed by atoms with Gasteiger partial charge in [-0.2, -0.15) is 0 Å². The molecule has 6 nitrogen and oxygen atoms in total. The Labute approximate surface area is 152 Å². The van der Waals surface area contributed by atoms with Crippen molar-refractivity contribution in [2.24, 2.45) is 5.92 Å². The molecule has 0 saturated carbocycles. The van der Waals surface area contributed by atoms with Crippen LogP contribution >= 0.6 is 11.6 Å². The molecule has 0 radical (unpaired) electrons. The largest absolute Gasteiger partial charge is 0.352 e. The van der Waals surface area contributed by atoms with Gasteiger partial charge in [-0.1, -0.05) is 17.7 Å². The van der Waals surface area contributed by atoms with Crippen LogP contribution in [0.25, 0.3) is 0 Å². The van der Waals surface area contributed by atoms with Crippen molar-refractivity contribution in [1.82, 2.24) is 5.32 Å². The van der Waals surface area contributed by atoms with E-state index in [1.807, 2.05) is 19.9 Å². The Hall–Kier alpha value is -1.60. The number of sulfone groups is 1. The van der Waals surface area contributed by atoms with E-state index in [0.29, 0.717) is 17.1 Å². The molecule has 8 heteroatoms. The summed E-state index contributed by atoms with van der Waals surface area (Å²) in [5.74, 6) is -0.822. The summed E-state index contributed by atoms with van der Waals surface area (Å²) in [7, 11) is -3.05. The van der Waals surface area contributed by atoms with E-state index in [0.717, 1.165) is 11.1 Å². The molecule has 0 spiro atoms. The Morgan fingerprint density at radius 1 is 1.32 bits per heavy atom. The summed E-state index contributed by atoms with van der Waals surface area (Å²) >= 11 is 6.32. The summed E-state index contributed by atoms with van der Waals surface area (Å²) in [5, 5.41) is 3.27. The zero-order valence-corrected chi connectivity index (χ0v) is 15.8. The van der Waals surface area contributed by atoms with Crippen molar-refractivity contribution in [2.75, 3.05) is 23.0 Å². The summed E-state index contributed by atoms with van der Waals surface area (Å²) in [6, 6.07) is 3.39. The fraction of sp³-hybridized carbons (Fsp3) is 0.529. The molecule has 25 heavy (non-hydrogen) atoms. The predicted octanol–water partition coefficient (Wildman–Crippen LogP) is 1.61. The Bertz CT molecular complexity index is 814. The molecular formula is C17H21ClN2O4S. The molecule has 2 atom stereocenters. The van der Waals surface area contributed by atoms with Crippen LogP contribution in [-0.4, -0.2) is 44.3 Å². The molecule has 0 aromatic heterocycles. The highest BCUT2D eigenvalue weighted by Crippen LogP contribution is 2.35. The van der Waals surface area contributed by atoms with Crippen LogP contribution in [0.15, 0.2) is 12.1 Å². The summed E-state index contributed by atoms with van der Waals surface area (Å²) in [6.45, 7) is 4.08. The van der Waals surface area contributed by atoms with Gasteiger partial charge in [0.1, 0.15) is 0 Å². The first kappa shape index (κ1) is 18.2. The minimum absolute atomic E-state index is 0.0218. The number of benzene rings is 1. The minimum atomic E-state index is -3.05. The summed E-state index contributed by atoms with van der Waals surface area (Å²) < 4.78 is 23.0. The van der Waals surface area contributed by atoms with Gasteiger partial charge in [0.2, 0.25) is 11.8 Å². The molecule has 2 saturated heterocycles. The molecule has 2 aliphatic rings. The fourth-order valence-electron chi connectivity index (χ4n) is 3.58. The van der Waals surface area contributed by atoms with E-state index in [1.165, 1.54) is 0 Å². The second-order valence-electron chi connectivity index (χ2n) is 6.93. The third kappa shape index (κ3) is 3.82. The van der Waals surface area contributed by atoms with Crippen molar-refractivity contribution in [1.29, 1.82) is 0 Å². The molecule has 0 aliphatic carbocycles. The van der Waals surface area contributed by atoms with Gasteiger partial charge < -0.3 is 10.2 Å². The van der Waals surface area contributed by atoms with Gasteiger partial charge in [0.15, 0.2) is 9.84 Å². The number of hydrogen-bond acceptors (Lipinski definition) is 4. The normalized spacial score (nSPS) is 25.4. The lowest BCUT2D eigenvalue weighted by molar-refractivity contribution is -0.126. The Morgan fingerprint density at radius 2 is 2.04 bits per heavy atom. The SMILES string of the molecule is Cc1cc(C)c(N2CC(C(=O)NC3CCS(=O)(=O)C3)CC2=O)c(Cl)c1. The number of anilines is 1. The summed E-state index contributed by atoms with van der Waals surface area (Å²) in [6.07, 6.45) is 0.538. The maximum atomic E-state index is 12.4. The van der Waals surface area contributed by atoms with Crippen molar-refractivity contribution in [3.05, 3.63) is 28.3 Å². The van der Waals surface area contributed by atoms with Gasteiger partial charge in [-0.3, -0.25) is 9.59 Å². The summed E-state index contributed by atoms with van der Waals surface area (Å²) in [5.41, 5.74) is 2.55. The number of halogens is 1. The Morgan fingerprint density at radius 3 is 2.64 bits per heavy atom. The van der Waals surface area contributed by atoms with E-state index in [9.17, 15) is 18.0 Å². The molecule has 1 aromatic carbocycles. The Kier molecular flexibility index (Phi) is 4.81. The van der Waals surface area contributed by atoms with Gasteiger partial charge >= 0.3 is 0 Å². The quantitative estimate of drug-likeness (QED) is 0.858. The number of rotatable bonds is 3. The van der Waals surface area contributed by atoms with Gasteiger partial charge in [-0.05, 0) is 37.5 Å². The third-order valence-corrected chi connectivity index (χ3v) is 6.80. The number of aryl methyl sites for hydroxylation is 2. The lowest BCUT2D eigenvalue weighted by Gasteiger charge is -2.21. The van der Waals surface area contributed by atoms with Crippen molar-refractivity contribution < 1.29 is 18.0 Å². The van der Waals surface area contributed by atoms with Crippen molar-refractivity contribution >= 4 is 38.9 Å². The van der Waals surface area contributed by atoms with Crippen LogP contribution in [0.4, 0.5) is 5.69 Å². The van der Waals surface area contributed by atoms with Crippen LogP contribution in [0, 0.1) is 19.8 Å². The van der Waals surface area contributed by atoms with Crippen LogP contribution in [-0.2, 0) is 19.4 Å². The highest BCUT2D eigenvalue weighted by atomic mass is 35.5. The molecule has 3 rings (SSSR count). The maximum absolute atomic E-state index is 12.4. The molecule has 2 amide bonds. The molecule has 2 unspecified atom stereocenters. The summed E-state index contributed by atoms with van der Waals surface area (Å²) in [4.78, 5) is 26.4. The van der Waals surface area contributed by atoms with Crippen LogP contribution in [0.2, 0.25) is 5.02 Å². The first-order valence-corrected chi connectivity index (χ1v) is 10.4. The average molecular weight is 385 g/mol. The molecule has 2 fully saturated rings. The van der Waals surface area contributed by atoms with E-state index in [4.69, 9.17) is 11.6 Å². The van der Waals surface area contributed by atoms with E-state index >= 15 is 0 Å². The van der Waals surface area contributed by atoms with Crippen molar-refractivity contribution in [3.63, 3.8) is 0 Å². The average Bonchev–Trinajstić information content (AvgIpc) is 3.01. The fourth-order valence-corrected chi connectivity index (χ4v) is 5.67. The van der Waals surface area contributed by atoms with Crippen LogP contribution < -0.4 is 10.2 Å². The Balaban J connectivity index is 1.72. The molecule has 0 bridgehead atoms.